The van der Waals surface area contributed by atoms with Gasteiger partial charge < -0.3 is 10.6 Å². The molecule has 0 unspecified atom stereocenters. The van der Waals surface area contributed by atoms with Gasteiger partial charge in [0.1, 0.15) is 0 Å². The maximum Gasteiger partial charge on any atom is 0.319 e. The average molecular weight is 271 g/mol. The van der Waals surface area contributed by atoms with Gasteiger partial charge >= 0.3 is 6.03 Å². The van der Waals surface area contributed by atoms with E-state index in [1.807, 2.05) is 25.1 Å². The van der Waals surface area contributed by atoms with E-state index in [0.717, 1.165) is 41.4 Å². The molecular formula is C16H21N3O. The summed E-state index contributed by atoms with van der Waals surface area (Å²) in [6.07, 6.45) is 5.03. The maximum atomic E-state index is 11.9. The minimum atomic E-state index is -0.168. The number of nitrogens with zero attached hydrogens (tertiary/aromatic N) is 1. The van der Waals surface area contributed by atoms with E-state index in [4.69, 9.17) is 0 Å². The Morgan fingerprint density at radius 1 is 1.30 bits per heavy atom. The molecule has 0 aliphatic carbocycles. The highest BCUT2D eigenvalue weighted by molar-refractivity contribution is 5.99. The molecule has 1 aromatic carbocycles. The Labute approximate surface area is 119 Å². The van der Waals surface area contributed by atoms with Gasteiger partial charge in [0.2, 0.25) is 0 Å². The number of rotatable bonds is 5. The van der Waals surface area contributed by atoms with Crippen LogP contribution in [0.5, 0.6) is 0 Å². The van der Waals surface area contributed by atoms with E-state index in [-0.39, 0.29) is 6.03 Å². The molecule has 0 fully saturated rings. The second-order valence-electron chi connectivity index (χ2n) is 4.98. The molecule has 0 aliphatic rings. The van der Waals surface area contributed by atoms with Gasteiger partial charge in [0, 0.05) is 18.1 Å². The second-order valence-corrected chi connectivity index (χ2v) is 4.98. The molecule has 0 bridgehead atoms. The lowest BCUT2D eigenvalue weighted by molar-refractivity contribution is 0.252. The van der Waals surface area contributed by atoms with E-state index in [0.29, 0.717) is 6.54 Å². The number of pyridine rings is 1. The van der Waals surface area contributed by atoms with Crippen LogP contribution in [0, 0.1) is 6.92 Å². The fourth-order valence-corrected chi connectivity index (χ4v) is 2.18. The molecule has 20 heavy (non-hydrogen) atoms. The molecular weight excluding hydrogens is 250 g/mol. The van der Waals surface area contributed by atoms with Gasteiger partial charge in [0.05, 0.1) is 11.2 Å². The van der Waals surface area contributed by atoms with Crippen molar-refractivity contribution in [2.75, 3.05) is 11.9 Å². The molecule has 1 aromatic heterocycles. The zero-order chi connectivity index (χ0) is 14.4. The number of urea groups is 1. The maximum absolute atomic E-state index is 11.9. The van der Waals surface area contributed by atoms with Crippen LogP contribution in [-0.4, -0.2) is 17.6 Å². The van der Waals surface area contributed by atoms with E-state index < -0.39 is 0 Å². The van der Waals surface area contributed by atoms with Crippen LogP contribution in [0.1, 0.15) is 31.7 Å². The molecule has 2 aromatic rings. The molecule has 0 saturated carbocycles. The zero-order valence-corrected chi connectivity index (χ0v) is 12.1. The van der Waals surface area contributed by atoms with Crippen molar-refractivity contribution in [1.82, 2.24) is 10.3 Å². The predicted octanol–water partition coefficient (Wildman–Crippen LogP) is 3.85. The third kappa shape index (κ3) is 3.70. The van der Waals surface area contributed by atoms with Gasteiger partial charge in [0.25, 0.3) is 0 Å². The Morgan fingerprint density at radius 2 is 2.15 bits per heavy atom. The van der Waals surface area contributed by atoms with Gasteiger partial charge in [0.15, 0.2) is 0 Å². The first-order valence-electron chi connectivity index (χ1n) is 7.11. The number of amides is 2. The lowest BCUT2D eigenvalue weighted by atomic mass is 10.1. The number of aromatic nitrogens is 1. The van der Waals surface area contributed by atoms with Gasteiger partial charge in [-0.15, -0.1) is 0 Å². The number of nitrogens with one attached hydrogen (secondary N) is 2. The van der Waals surface area contributed by atoms with Crippen molar-refractivity contribution < 1.29 is 4.79 Å². The van der Waals surface area contributed by atoms with Crippen molar-refractivity contribution in [3.8, 4) is 0 Å². The highest BCUT2D eigenvalue weighted by atomic mass is 16.2. The van der Waals surface area contributed by atoms with Crippen molar-refractivity contribution in [3.05, 3.63) is 36.0 Å². The smallest absolute Gasteiger partial charge is 0.319 e. The van der Waals surface area contributed by atoms with Crippen LogP contribution in [0.25, 0.3) is 10.9 Å². The Morgan fingerprint density at radius 3 is 2.95 bits per heavy atom. The van der Waals surface area contributed by atoms with Crippen LogP contribution in [0.2, 0.25) is 0 Å². The van der Waals surface area contributed by atoms with Crippen molar-refractivity contribution in [2.24, 2.45) is 0 Å². The van der Waals surface area contributed by atoms with E-state index in [1.54, 1.807) is 6.20 Å². The Hall–Kier alpha value is -2.10. The van der Waals surface area contributed by atoms with Crippen LogP contribution in [0.15, 0.2) is 30.5 Å². The first-order chi connectivity index (χ1) is 9.70. The molecule has 4 heteroatoms. The number of aryl methyl sites for hydroxylation is 1. The lowest BCUT2D eigenvalue weighted by Gasteiger charge is -2.10. The summed E-state index contributed by atoms with van der Waals surface area (Å²) in [4.78, 5) is 16.2. The van der Waals surface area contributed by atoms with Gasteiger partial charge in [-0.3, -0.25) is 4.98 Å². The zero-order valence-electron chi connectivity index (χ0n) is 12.1. The molecule has 2 amide bonds. The lowest BCUT2D eigenvalue weighted by Crippen LogP contribution is -2.29. The minimum Gasteiger partial charge on any atom is -0.338 e. The molecule has 106 valence electrons. The first kappa shape index (κ1) is 14.3. The van der Waals surface area contributed by atoms with Crippen LogP contribution < -0.4 is 10.6 Å². The number of anilines is 1. The summed E-state index contributed by atoms with van der Waals surface area (Å²) in [5.74, 6) is 0. The number of hydrogen-bond acceptors (Lipinski definition) is 2. The number of hydrogen-bond donors (Lipinski definition) is 2. The highest BCUT2D eigenvalue weighted by Gasteiger charge is 2.07. The summed E-state index contributed by atoms with van der Waals surface area (Å²) in [5.41, 5.74) is 2.68. The Kier molecular flexibility index (Phi) is 4.93. The molecule has 0 saturated heterocycles. The largest absolute Gasteiger partial charge is 0.338 e. The molecule has 4 nitrogen and oxygen atoms in total. The van der Waals surface area contributed by atoms with E-state index in [2.05, 4.69) is 28.6 Å². The Balaban J connectivity index is 2.07. The SMILES string of the molecule is CCCCCNC(=O)Nc1cc(C)cc2cccnc12. The first-order valence-corrected chi connectivity index (χ1v) is 7.11. The van der Waals surface area contributed by atoms with Crippen LogP contribution in [0.3, 0.4) is 0 Å². The number of benzene rings is 1. The highest BCUT2D eigenvalue weighted by Crippen LogP contribution is 2.23. The third-order valence-electron chi connectivity index (χ3n) is 3.16. The average Bonchev–Trinajstić information content (AvgIpc) is 2.43. The van der Waals surface area contributed by atoms with Crippen LogP contribution in [-0.2, 0) is 0 Å². The minimum absolute atomic E-state index is 0.168. The molecule has 0 spiro atoms. The van der Waals surface area contributed by atoms with Gasteiger partial charge in [-0.05, 0) is 37.1 Å². The summed E-state index contributed by atoms with van der Waals surface area (Å²) < 4.78 is 0. The van der Waals surface area contributed by atoms with Crippen LogP contribution in [0.4, 0.5) is 10.5 Å². The van der Waals surface area contributed by atoms with Gasteiger partial charge in [-0.1, -0.05) is 25.8 Å². The van der Waals surface area contributed by atoms with E-state index in [9.17, 15) is 4.79 Å². The second kappa shape index (κ2) is 6.89. The number of unbranched alkanes of at least 4 members (excludes halogenated alkanes) is 2. The van der Waals surface area contributed by atoms with Crippen LogP contribution >= 0.6 is 0 Å². The molecule has 2 rings (SSSR count). The molecule has 0 aliphatic heterocycles. The summed E-state index contributed by atoms with van der Waals surface area (Å²) in [6.45, 7) is 4.86. The fraction of sp³-hybridized carbons (Fsp3) is 0.375. The molecule has 2 N–H and O–H groups in total. The van der Waals surface area contributed by atoms with Gasteiger partial charge in [-0.25, -0.2) is 4.79 Å². The topological polar surface area (TPSA) is 54.0 Å². The third-order valence-corrected chi connectivity index (χ3v) is 3.16. The molecule has 0 radical (unpaired) electrons. The summed E-state index contributed by atoms with van der Waals surface area (Å²) in [5, 5.41) is 6.80. The van der Waals surface area contributed by atoms with E-state index >= 15 is 0 Å². The predicted molar refractivity (Wildman–Crippen MR) is 83.0 cm³/mol. The summed E-state index contributed by atoms with van der Waals surface area (Å²) in [7, 11) is 0. The number of fused-ring (bicyclic) bond motifs is 1. The summed E-state index contributed by atoms with van der Waals surface area (Å²) >= 11 is 0. The standard InChI is InChI=1S/C16H21N3O/c1-3-4-5-8-18-16(20)19-14-11-12(2)10-13-7-6-9-17-15(13)14/h6-7,9-11H,3-5,8H2,1-2H3,(H2,18,19,20). The Bertz CT molecular complexity index is 595. The van der Waals surface area contributed by atoms with Crippen molar-refractivity contribution in [1.29, 1.82) is 0 Å². The quantitative estimate of drug-likeness (QED) is 0.811. The monoisotopic (exact) mass is 271 g/mol. The normalized spacial score (nSPS) is 10.5. The van der Waals surface area contributed by atoms with Crippen molar-refractivity contribution >= 4 is 22.6 Å². The van der Waals surface area contributed by atoms with Crippen molar-refractivity contribution in [3.63, 3.8) is 0 Å². The van der Waals surface area contributed by atoms with Crippen molar-refractivity contribution in [2.45, 2.75) is 33.1 Å². The van der Waals surface area contributed by atoms with E-state index in [1.165, 1.54) is 0 Å². The molecule has 1 heterocycles. The fourth-order valence-electron chi connectivity index (χ4n) is 2.18. The van der Waals surface area contributed by atoms with Gasteiger partial charge in [-0.2, -0.15) is 0 Å². The molecule has 0 atom stereocenters. The number of carbonyl (C=O) groups excluding carboxylic acids is 1. The number of carbonyl (C=O) groups is 1. The summed E-state index contributed by atoms with van der Waals surface area (Å²) in [6, 6.07) is 7.74.